The van der Waals surface area contributed by atoms with Gasteiger partial charge in [0.05, 0.1) is 20.8 Å². The van der Waals surface area contributed by atoms with Gasteiger partial charge in [0.15, 0.2) is 17.3 Å². The molecule has 0 saturated carbocycles. The number of halogens is 1. The van der Waals surface area contributed by atoms with E-state index >= 15 is 4.39 Å². The third-order valence-electron chi connectivity index (χ3n) is 5.12. The van der Waals surface area contributed by atoms with E-state index in [0.717, 1.165) is 6.20 Å². The molecule has 1 atom stereocenters. The molecule has 2 heterocycles. The molecule has 0 bridgehead atoms. The van der Waals surface area contributed by atoms with E-state index in [1.807, 2.05) is 0 Å². The minimum Gasteiger partial charge on any atom is -0.493 e. The monoisotopic (exact) mass is 420 g/mol. The van der Waals surface area contributed by atoms with Crippen molar-refractivity contribution in [3.8, 4) is 22.8 Å². The summed E-state index contributed by atoms with van der Waals surface area (Å²) in [4.78, 5) is 23.9. The first-order valence-corrected chi connectivity index (χ1v) is 9.67. The van der Waals surface area contributed by atoms with E-state index < -0.39 is 28.8 Å². The largest absolute Gasteiger partial charge is 0.493 e. The second kappa shape index (κ2) is 8.87. The number of carbonyl (C=O) groups is 1. The standard InChI is InChI=1S/C22H26FNO6/c1-12(2)16-8-13-9-18(30-7-5-6-28-3)17(29-4)10-14(13)20-19(23)21(25)15(22(26)27)11-24(16)20/h9-12,16H,5-8H2,1-4H3,(H,26,27)/t16-/m0/s1/i16D. The number of fused-ring (bicyclic) bond motifs is 3. The first-order chi connectivity index (χ1) is 14.7. The number of hydrogen-bond acceptors (Lipinski definition) is 5. The van der Waals surface area contributed by atoms with Crippen LogP contribution >= 0.6 is 0 Å². The number of pyridine rings is 1. The third-order valence-corrected chi connectivity index (χ3v) is 5.12. The van der Waals surface area contributed by atoms with Crippen molar-refractivity contribution in [3.63, 3.8) is 0 Å². The number of ether oxygens (including phenoxy) is 3. The Labute approximate surface area is 175 Å². The second-order valence-electron chi connectivity index (χ2n) is 7.39. The van der Waals surface area contributed by atoms with Gasteiger partial charge in [0, 0.05) is 37.9 Å². The van der Waals surface area contributed by atoms with Crippen molar-refractivity contribution in [2.24, 2.45) is 5.92 Å². The van der Waals surface area contributed by atoms with E-state index in [0.29, 0.717) is 42.3 Å². The number of benzene rings is 1. The Bertz CT molecular complexity index is 1070. The summed E-state index contributed by atoms with van der Waals surface area (Å²) >= 11 is 0. The molecule has 162 valence electrons. The number of aromatic carboxylic acids is 1. The zero-order valence-corrected chi connectivity index (χ0v) is 17.5. The van der Waals surface area contributed by atoms with Crippen LogP contribution in [0.15, 0.2) is 23.1 Å². The lowest BCUT2D eigenvalue weighted by molar-refractivity contribution is 0.0693. The number of aromatic nitrogens is 1. The topological polar surface area (TPSA) is 87.0 Å². The van der Waals surface area contributed by atoms with Gasteiger partial charge in [-0.1, -0.05) is 13.8 Å². The van der Waals surface area contributed by atoms with E-state index in [4.69, 9.17) is 15.6 Å². The minimum atomic E-state index is -1.53. The van der Waals surface area contributed by atoms with Crippen LogP contribution < -0.4 is 14.9 Å². The van der Waals surface area contributed by atoms with Crippen LogP contribution in [0.5, 0.6) is 11.5 Å². The molecule has 0 aliphatic carbocycles. The summed E-state index contributed by atoms with van der Waals surface area (Å²) in [5.74, 6) is -2.25. The molecule has 0 spiro atoms. The molecular weight excluding hydrogens is 393 g/mol. The Balaban J connectivity index is 2.24. The number of rotatable bonds is 8. The smallest absolute Gasteiger partial charge is 0.341 e. The van der Waals surface area contributed by atoms with Crippen molar-refractivity contribution in [1.82, 2.24) is 4.57 Å². The van der Waals surface area contributed by atoms with Crippen LogP contribution in [-0.2, 0) is 11.2 Å². The normalized spacial score (nSPS) is 17.9. The molecule has 30 heavy (non-hydrogen) atoms. The maximum absolute atomic E-state index is 15.2. The quantitative estimate of drug-likeness (QED) is 0.658. The predicted molar refractivity (Wildman–Crippen MR) is 109 cm³/mol. The average Bonchev–Trinajstić information content (AvgIpc) is 2.72. The first kappa shape index (κ1) is 20.4. The van der Waals surface area contributed by atoms with Gasteiger partial charge in [0.1, 0.15) is 5.56 Å². The maximum atomic E-state index is 15.2. The molecule has 1 N–H and O–H groups in total. The van der Waals surface area contributed by atoms with Gasteiger partial charge >= 0.3 is 5.97 Å². The van der Waals surface area contributed by atoms with E-state index in [2.05, 4.69) is 0 Å². The van der Waals surface area contributed by atoms with Gasteiger partial charge < -0.3 is 23.9 Å². The zero-order valence-electron chi connectivity index (χ0n) is 18.5. The number of nitrogens with zero attached hydrogens (tertiary/aromatic N) is 1. The fourth-order valence-corrected chi connectivity index (χ4v) is 3.60. The molecule has 3 rings (SSSR count). The second-order valence-corrected chi connectivity index (χ2v) is 7.39. The fourth-order valence-electron chi connectivity index (χ4n) is 3.60. The lowest BCUT2D eigenvalue weighted by Crippen LogP contribution is -2.30. The molecule has 0 fully saturated rings. The molecule has 0 saturated heterocycles. The van der Waals surface area contributed by atoms with Crippen LogP contribution in [0.3, 0.4) is 0 Å². The van der Waals surface area contributed by atoms with Crippen molar-refractivity contribution in [2.75, 3.05) is 27.4 Å². The van der Waals surface area contributed by atoms with Crippen molar-refractivity contribution < 1.29 is 29.9 Å². The molecule has 0 radical (unpaired) electrons. The molecule has 7 nitrogen and oxygen atoms in total. The number of methoxy groups -OCH3 is 2. The van der Waals surface area contributed by atoms with Crippen LogP contribution in [-0.4, -0.2) is 43.1 Å². The van der Waals surface area contributed by atoms with Crippen molar-refractivity contribution in [1.29, 1.82) is 0 Å². The van der Waals surface area contributed by atoms with Gasteiger partial charge in [0.25, 0.3) is 0 Å². The number of carboxylic acids is 1. The lowest BCUT2D eigenvalue weighted by atomic mass is 9.87. The highest BCUT2D eigenvalue weighted by molar-refractivity contribution is 5.88. The highest BCUT2D eigenvalue weighted by Crippen LogP contribution is 2.43. The van der Waals surface area contributed by atoms with Gasteiger partial charge in [-0.25, -0.2) is 9.18 Å². The summed E-state index contributed by atoms with van der Waals surface area (Å²) in [5, 5.41) is 9.35. The van der Waals surface area contributed by atoms with Crippen molar-refractivity contribution in [2.45, 2.75) is 32.7 Å². The minimum absolute atomic E-state index is 0.121. The summed E-state index contributed by atoms with van der Waals surface area (Å²) in [7, 11) is 3.05. The summed E-state index contributed by atoms with van der Waals surface area (Å²) < 4.78 is 41.8. The molecule has 1 aromatic carbocycles. The van der Waals surface area contributed by atoms with E-state index in [1.165, 1.54) is 11.7 Å². The van der Waals surface area contributed by atoms with Gasteiger partial charge in [-0.15, -0.1) is 0 Å². The fraction of sp³-hybridized carbons (Fsp3) is 0.455. The van der Waals surface area contributed by atoms with E-state index in [1.54, 1.807) is 33.1 Å². The Hall–Kier alpha value is -2.87. The highest BCUT2D eigenvalue weighted by atomic mass is 19.1. The van der Waals surface area contributed by atoms with Gasteiger partial charge in [-0.05, 0) is 30.0 Å². The summed E-state index contributed by atoms with van der Waals surface area (Å²) in [6, 6.07) is 1.86. The molecule has 0 amide bonds. The summed E-state index contributed by atoms with van der Waals surface area (Å²) in [6.07, 6.45) is 1.91. The molecule has 8 heteroatoms. The average molecular weight is 420 g/mol. The molecule has 1 aliphatic rings. The SMILES string of the molecule is [2H][C@@]1(C(C)C)Cc2cc(OCCCOC)c(OC)cc2-c2c(F)c(=O)c(C(=O)O)cn21. The zero-order chi connectivity index (χ0) is 22.9. The summed E-state index contributed by atoms with van der Waals surface area (Å²) in [5.41, 5.74) is -1.04. The van der Waals surface area contributed by atoms with Crippen molar-refractivity contribution in [3.05, 3.63) is 45.5 Å². The van der Waals surface area contributed by atoms with Crippen LogP contribution in [0.4, 0.5) is 4.39 Å². The number of carboxylic acid groups (broad SMARTS) is 1. The Morgan fingerprint density at radius 1 is 1.33 bits per heavy atom. The van der Waals surface area contributed by atoms with E-state index in [9.17, 15) is 14.7 Å². The molecular formula is C22H26FNO6. The van der Waals surface area contributed by atoms with Crippen LogP contribution in [0.25, 0.3) is 11.3 Å². The predicted octanol–water partition coefficient (Wildman–Crippen LogP) is 3.53. The molecule has 0 unspecified atom stereocenters. The molecule has 2 aromatic rings. The van der Waals surface area contributed by atoms with Crippen molar-refractivity contribution >= 4 is 5.97 Å². The van der Waals surface area contributed by atoms with Gasteiger partial charge in [-0.2, -0.15) is 0 Å². The first-order valence-electron chi connectivity index (χ1n) is 10.2. The number of hydrogen-bond donors (Lipinski definition) is 1. The molecule has 1 aromatic heterocycles. The van der Waals surface area contributed by atoms with Gasteiger partial charge in [-0.3, -0.25) is 4.79 Å². The highest BCUT2D eigenvalue weighted by Gasteiger charge is 2.32. The van der Waals surface area contributed by atoms with Gasteiger partial charge in [0.2, 0.25) is 5.43 Å². The summed E-state index contributed by atoms with van der Waals surface area (Å²) in [6.45, 7) is 4.50. The Morgan fingerprint density at radius 2 is 2.07 bits per heavy atom. The van der Waals surface area contributed by atoms with Crippen LogP contribution in [0.1, 0.15) is 43.6 Å². The molecule has 1 aliphatic heterocycles. The third kappa shape index (κ3) is 3.92. The Kier molecular flexibility index (Phi) is 6.03. The Morgan fingerprint density at radius 3 is 2.67 bits per heavy atom. The van der Waals surface area contributed by atoms with Crippen LogP contribution in [0.2, 0.25) is 0 Å². The lowest BCUT2D eigenvalue weighted by Gasteiger charge is -2.34. The maximum Gasteiger partial charge on any atom is 0.341 e. The van der Waals surface area contributed by atoms with E-state index in [-0.39, 0.29) is 18.0 Å². The van der Waals surface area contributed by atoms with Crippen LogP contribution in [0, 0.1) is 11.7 Å².